The monoisotopic (exact) mass is 419 g/mol. The second kappa shape index (κ2) is 12.4. The molecule has 1 aliphatic heterocycles. The highest BCUT2D eigenvalue weighted by Crippen LogP contribution is 2.15. The first-order valence-electron chi connectivity index (χ1n) is 10.7. The Morgan fingerprint density at radius 3 is 2.53 bits per heavy atom. The van der Waals surface area contributed by atoms with Crippen molar-refractivity contribution in [3.8, 4) is 0 Å². The molecule has 3 N–H and O–H groups in total. The van der Waals surface area contributed by atoms with Crippen LogP contribution in [-0.2, 0) is 9.47 Å². The molecule has 8 nitrogen and oxygen atoms in total. The first-order chi connectivity index (χ1) is 14.4. The quantitative estimate of drug-likeness (QED) is 0.442. The molecule has 1 aromatic carbocycles. The van der Waals surface area contributed by atoms with Crippen molar-refractivity contribution in [1.29, 1.82) is 0 Å². The number of alkyl carbamates (subject to hydrolysis) is 1. The fourth-order valence-corrected chi connectivity index (χ4v) is 3.05. The molecule has 1 amide bonds. The van der Waals surface area contributed by atoms with Gasteiger partial charge in [-0.2, -0.15) is 0 Å². The van der Waals surface area contributed by atoms with Crippen molar-refractivity contribution < 1.29 is 14.3 Å². The first kappa shape index (κ1) is 24.0. The second-order valence-corrected chi connectivity index (χ2v) is 8.21. The van der Waals surface area contributed by atoms with Gasteiger partial charge in [-0.15, -0.1) is 0 Å². The minimum atomic E-state index is -0.551. The Labute approximate surface area is 180 Å². The Balaban J connectivity index is 1.97. The number of carbonyl (C=O) groups excluding carboxylic acids is 1. The molecular weight excluding hydrogens is 382 g/mol. The highest BCUT2D eigenvalue weighted by molar-refractivity contribution is 5.79. The highest BCUT2D eigenvalue weighted by atomic mass is 16.6. The van der Waals surface area contributed by atoms with Gasteiger partial charge in [-0.3, -0.25) is 9.89 Å². The van der Waals surface area contributed by atoms with Crippen LogP contribution in [0.2, 0.25) is 0 Å². The fourth-order valence-electron chi connectivity index (χ4n) is 3.05. The topological polar surface area (TPSA) is 87.2 Å². The number of nitrogens with zero attached hydrogens (tertiary/aromatic N) is 2. The molecule has 1 atom stereocenters. The Bertz CT molecular complexity index is 654. The van der Waals surface area contributed by atoms with E-state index in [4.69, 9.17) is 14.5 Å². The van der Waals surface area contributed by atoms with Crippen LogP contribution >= 0.6 is 0 Å². The third kappa shape index (κ3) is 9.45. The molecule has 30 heavy (non-hydrogen) atoms. The first-order valence-corrected chi connectivity index (χ1v) is 10.7. The summed E-state index contributed by atoms with van der Waals surface area (Å²) >= 11 is 0. The number of amides is 1. The zero-order valence-corrected chi connectivity index (χ0v) is 18.7. The summed E-state index contributed by atoms with van der Waals surface area (Å²) in [6, 6.07) is 9.54. The lowest BCUT2D eigenvalue weighted by atomic mass is 10.1. The van der Waals surface area contributed by atoms with Crippen molar-refractivity contribution in [2.75, 3.05) is 52.5 Å². The summed E-state index contributed by atoms with van der Waals surface area (Å²) in [4.78, 5) is 19.4. The molecule has 0 saturated carbocycles. The van der Waals surface area contributed by atoms with Gasteiger partial charge in [0.05, 0.1) is 25.8 Å². The molecule has 168 valence electrons. The summed E-state index contributed by atoms with van der Waals surface area (Å²) in [6.45, 7) is 14.0. The second-order valence-electron chi connectivity index (χ2n) is 8.21. The Hall–Kier alpha value is -2.32. The van der Waals surface area contributed by atoms with E-state index in [1.807, 2.05) is 58.0 Å². The molecule has 1 saturated heterocycles. The van der Waals surface area contributed by atoms with Crippen molar-refractivity contribution >= 4 is 12.1 Å². The fraction of sp³-hybridized carbons (Fsp3) is 0.636. The van der Waals surface area contributed by atoms with E-state index in [1.54, 1.807) is 0 Å². The third-order valence-corrected chi connectivity index (χ3v) is 4.49. The van der Waals surface area contributed by atoms with Crippen molar-refractivity contribution in [2.45, 2.75) is 39.3 Å². The Morgan fingerprint density at radius 2 is 1.90 bits per heavy atom. The zero-order chi connectivity index (χ0) is 21.8. The molecule has 1 fully saturated rings. The molecule has 1 aromatic rings. The number of nitrogens with one attached hydrogen (secondary N) is 3. The Kier molecular flexibility index (Phi) is 9.89. The van der Waals surface area contributed by atoms with Crippen molar-refractivity contribution in [1.82, 2.24) is 20.9 Å². The van der Waals surface area contributed by atoms with Gasteiger partial charge in [-0.25, -0.2) is 4.79 Å². The van der Waals surface area contributed by atoms with Crippen LogP contribution < -0.4 is 16.0 Å². The van der Waals surface area contributed by atoms with Crippen LogP contribution in [0.4, 0.5) is 4.79 Å². The van der Waals surface area contributed by atoms with Gasteiger partial charge in [-0.05, 0) is 33.3 Å². The number of aliphatic imine (C=N–C) groups is 1. The van der Waals surface area contributed by atoms with E-state index in [1.165, 1.54) is 0 Å². The molecule has 1 aliphatic rings. The van der Waals surface area contributed by atoms with E-state index in [9.17, 15) is 4.79 Å². The van der Waals surface area contributed by atoms with E-state index >= 15 is 0 Å². The summed E-state index contributed by atoms with van der Waals surface area (Å²) in [6.07, 6.45) is -0.447. The van der Waals surface area contributed by atoms with E-state index in [2.05, 4.69) is 20.9 Å². The van der Waals surface area contributed by atoms with Crippen LogP contribution in [0.3, 0.4) is 0 Å². The average Bonchev–Trinajstić information content (AvgIpc) is 2.71. The van der Waals surface area contributed by atoms with Gasteiger partial charge in [0.2, 0.25) is 0 Å². The number of hydrogen-bond donors (Lipinski definition) is 3. The average molecular weight is 420 g/mol. The van der Waals surface area contributed by atoms with Gasteiger partial charge in [0, 0.05) is 32.7 Å². The minimum absolute atomic E-state index is 0.282. The van der Waals surface area contributed by atoms with E-state index in [0.717, 1.165) is 57.5 Å². The highest BCUT2D eigenvalue weighted by Gasteiger charge is 2.20. The number of morpholine rings is 1. The van der Waals surface area contributed by atoms with E-state index in [0.29, 0.717) is 6.54 Å². The lowest BCUT2D eigenvalue weighted by Gasteiger charge is -2.27. The molecule has 1 heterocycles. The van der Waals surface area contributed by atoms with Gasteiger partial charge in [0.25, 0.3) is 0 Å². The minimum Gasteiger partial charge on any atom is -0.444 e. The van der Waals surface area contributed by atoms with Gasteiger partial charge in [-0.1, -0.05) is 30.3 Å². The predicted octanol–water partition coefficient (Wildman–Crippen LogP) is 2.14. The largest absolute Gasteiger partial charge is 0.444 e. The van der Waals surface area contributed by atoms with E-state index < -0.39 is 11.7 Å². The zero-order valence-electron chi connectivity index (χ0n) is 18.7. The lowest BCUT2D eigenvalue weighted by Crippen LogP contribution is -2.44. The number of guanidine groups is 1. The third-order valence-electron chi connectivity index (χ3n) is 4.49. The number of hydrogen-bond acceptors (Lipinski definition) is 5. The van der Waals surface area contributed by atoms with E-state index in [-0.39, 0.29) is 6.04 Å². The molecule has 2 rings (SSSR count). The van der Waals surface area contributed by atoms with Gasteiger partial charge in [0.15, 0.2) is 5.96 Å². The normalized spacial score (nSPS) is 16.6. The summed E-state index contributed by atoms with van der Waals surface area (Å²) in [5, 5.41) is 9.60. The lowest BCUT2D eigenvalue weighted by molar-refractivity contribution is 0.0389. The number of benzene rings is 1. The van der Waals surface area contributed by atoms with Crippen LogP contribution in [0.25, 0.3) is 0 Å². The van der Waals surface area contributed by atoms with Gasteiger partial charge < -0.3 is 25.4 Å². The standard InChI is InChI=1S/C22H37N5O3/c1-5-23-20(24-11-12-27-13-15-29-16-14-27)25-17-19(18-9-7-6-8-10-18)26-21(28)30-22(2,3)4/h6-10,19H,5,11-17H2,1-4H3,(H,26,28)(H2,23,24,25). The molecule has 1 unspecified atom stereocenters. The molecule has 0 aromatic heterocycles. The smallest absolute Gasteiger partial charge is 0.408 e. The molecule has 0 spiro atoms. The van der Waals surface area contributed by atoms with Crippen molar-refractivity contribution in [3.05, 3.63) is 35.9 Å². The number of rotatable bonds is 8. The van der Waals surface area contributed by atoms with Gasteiger partial charge >= 0.3 is 6.09 Å². The van der Waals surface area contributed by atoms with Crippen molar-refractivity contribution in [3.63, 3.8) is 0 Å². The van der Waals surface area contributed by atoms with Crippen LogP contribution in [0.1, 0.15) is 39.3 Å². The predicted molar refractivity (Wildman–Crippen MR) is 120 cm³/mol. The maximum absolute atomic E-state index is 12.3. The molecule has 0 radical (unpaired) electrons. The van der Waals surface area contributed by atoms with Crippen LogP contribution in [0.15, 0.2) is 35.3 Å². The Morgan fingerprint density at radius 1 is 1.20 bits per heavy atom. The summed E-state index contributed by atoms with van der Waals surface area (Å²) in [5.41, 5.74) is 0.432. The maximum atomic E-state index is 12.3. The van der Waals surface area contributed by atoms with Crippen LogP contribution in [-0.4, -0.2) is 75.0 Å². The number of ether oxygens (including phenoxy) is 2. The van der Waals surface area contributed by atoms with Crippen LogP contribution in [0, 0.1) is 0 Å². The SMILES string of the molecule is CCNC(=NCC(NC(=O)OC(C)(C)C)c1ccccc1)NCCN1CCOCC1. The summed E-state index contributed by atoms with van der Waals surface area (Å²) in [7, 11) is 0. The number of carbonyl (C=O) groups is 1. The maximum Gasteiger partial charge on any atom is 0.408 e. The molecule has 0 bridgehead atoms. The van der Waals surface area contributed by atoms with Crippen LogP contribution in [0.5, 0.6) is 0 Å². The molecule has 8 heteroatoms. The summed E-state index contributed by atoms with van der Waals surface area (Å²) in [5.74, 6) is 0.734. The summed E-state index contributed by atoms with van der Waals surface area (Å²) < 4.78 is 10.8. The van der Waals surface area contributed by atoms with Gasteiger partial charge in [0.1, 0.15) is 5.60 Å². The molecular formula is C22H37N5O3. The van der Waals surface area contributed by atoms with Crippen molar-refractivity contribution in [2.24, 2.45) is 4.99 Å². The molecule has 0 aliphatic carbocycles.